The highest BCUT2D eigenvalue weighted by atomic mass is 16.5. The summed E-state index contributed by atoms with van der Waals surface area (Å²) < 4.78 is 15.8. The van der Waals surface area contributed by atoms with E-state index in [0.717, 1.165) is 12.8 Å². The normalized spacial score (nSPS) is 19.6. The quantitative estimate of drug-likeness (QED) is 0.543. The van der Waals surface area contributed by atoms with Gasteiger partial charge < -0.3 is 24.8 Å². The molecule has 2 aromatic rings. The first-order valence-electron chi connectivity index (χ1n) is 11.5. The standard InChI is InChI=1S/C26H32N2O6/c1-17-6-4-9-23(18(17)2)28-25(30)16-34-26(31)19-10-12-21(13-11-19)33-15-24(29)27-20-7-5-8-22(14-20)32-3/h5,7-8,10-14,17-18,23H,4,6,9,15-16H2,1-3H3,(H,27,29)(H,28,30). The van der Waals surface area contributed by atoms with E-state index >= 15 is 0 Å². The van der Waals surface area contributed by atoms with Gasteiger partial charge in [-0.1, -0.05) is 32.8 Å². The van der Waals surface area contributed by atoms with Crippen LogP contribution in [0.3, 0.4) is 0 Å². The zero-order valence-corrected chi connectivity index (χ0v) is 19.8. The van der Waals surface area contributed by atoms with Gasteiger partial charge in [-0.25, -0.2) is 4.79 Å². The lowest BCUT2D eigenvalue weighted by atomic mass is 9.78. The Hall–Kier alpha value is -3.55. The number of amides is 2. The molecule has 8 heteroatoms. The zero-order valence-electron chi connectivity index (χ0n) is 19.8. The van der Waals surface area contributed by atoms with Gasteiger partial charge in [-0.2, -0.15) is 0 Å². The molecule has 0 saturated heterocycles. The predicted octanol–water partition coefficient (Wildman–Crippen LogP) is 3.81. The van der Waals surface area contributed by atoms with Gasteiger partial charge in [-0.15, -0.1) is 0 Å². The summed E-state index contributed by atoms with van der Waals surface area (Å²) in [6.45, 7) is 3.83. The minimum Gasteiger partial charge on any atom is -0.497 e. The van der Waals surface area contributed by atoms with Gasteiger partial charge in [0.25, 0.3) is 11.8 Å². The van der Waals surface area contributed by atoms with Crippen LogP contribution < -0.4 is 20.1 Å². The minimum atomic E-state index is -0.595. The molecule has 0 aliphatic heterocycles. The average Bonchev–Trinajstić information content (AvgIpc) is 2.84. The Kier molecular flexibility index (Phi) is 8.90. The molecular formula is C26H32N2O6. The third-order valence-corrected chi connectivity index (χ3v) is 6.20. The molecule has 1 aliphatic carbocycles. The number of rotatable bonds is 9. The van der Waals surface area contributed by atoms with Crippen molar-refractivity contribution in [2.75, 3.05) is 25.6 Å². The number of esters is 1. The predicted molar refractivity (Wildman–Crippen MR) is 128 cm³/mol. The summed E-state index contributed by atoms with van der Waals surface area (Å²) in [5, 5.41) is 5.71. The molecule has 0 heterocycles. The maximum Gasteiger partial charge on any atom is 0.338 e. The van der Waals surface area contributed by atoms with Crippen LogP contribution in [0.2, 0.25) is 0 Å². The molecule has 1 aliphatic rings. The minimum absolute atomic E-state index is 0.118. The highest BCUT2D eigenvalue weighted by Crippen LogP contribution is 2.29. The number of carbonyl (C=O) groups is 3. The fourth-order valence-electron chi connectivity index (χ4n) is 3.98. The molecular weight excluding hydrogens is 436 g/mol. The van der Waals surface area contributed by atoms with Gasteiger partial charge in [0.1, 0.15) is 11.5 Å². The summed E-state index contributed by atoms with van der Waals surface area (Å²) in [5.41, 5.74) is 0.892. The van der Waals surface area contributed by atoms with Crippen LogP contribution in [0.4, 0.5) is 5.69 Å². The second kappa shape index (κ2) is 12.1. The Balaban J connectivity index is 1.41. The number of hydrogen-bond acceptors (Lipinski definition) is 6. The van der Waals surface area contributed by atoms with Crippen molar-refractivity contribution in [3.63, 3.8) is 0 Å². The molecule has 1 saturated carbocycles. The van der Waals surface area contributed by atoms with Crippen LogP contribution in [0.15, 0.2) is 48.5 Å². The average molecular weight is 469 g/mol. The number of anilines is 1. The largest absolute Gasteiger partial charge is 0.497 e. The van der Waals surface area contributed by atoms with Gasteiger partial charge in [-0.05, 0) is 54.7 Å². The van der Waals surface area contributed by atoms with E-state index in [1.54, 1.807) is 43.5 Å². The van der Waals surface area contributed by atoms with Crippen molar-refractivity contribution in [1.29, 1.82) is 0 Å². The van der Waals surface area contributed by atoms with Crippen molar-refractivity contribution in [3.05, 3.63) is 54.1 Å². The van der Waals surface area contributed by atoms with Gasteiger partial charge in [-0.3, -0.25) is 9.59 Å². The van der Waals surface area contributed by atoms with E-state index in [1.165, 1.54) is 18.6 Å². The molecule has 2 aromatic carbocycles. The summed E-state index contributed by atoms with van der Waals surface area (Å²) in [4.78, 5) is 36.6. The van der Waals surface area contributed by atoms with Crippen LogP contribution in [-0.2, 0) is 14.3 Å². The van der Waals surface area contributed by atoms with E-state index in [-0.39, 0.29) is 31.1 Å². The number of ether oxygens (including phenoxy) is 3. The first-order valence-corrected chi connectivity index (χ1v) is 11.5. The second-order valence-corrected chi connectivity index (χ2v) is 8.61. The number of benzene rings is 2. The molecule has 2 N–H and O–H groups in total. The monoisotopic (exact) mass is 468 g/mol. The summed E-state index contributed by atoms with van der Waals surface area (Å²) in [6.07, 6.45) is 3.21. The number of methoxy groups -OCH3 is 1. The molecule has 3 rings (SSSR count). The van der Waals surface area contributed by atoms with E-state index < -0.39 is 5.97 Å². The fraction of sp³-hybridized carbons (Fsp3) is 0.423. The number of hydrogen-bond donors (Lipinski definition) is 2. The first-order chi connectivity index (χ1) is 16.4. The molecule has 182 valence electrons. The topological polar surface area (TPSA) is 103 Å². The van der Waals surface area contributed by atoms with Gasteiger partial charge in [0, 0.05) is 17.8 Å². The molecule has 0 radical (unpaired) electrons. The van der Waals surface area contributed by atoms with E-state index in [2.05, 4.69) is 24.5 Å². The Morgan fingerprint density at radius 3 is 2.44 bits per heavy atom. The molecule has 0 bridgehead atoms. The molecule has 8 nitrogen and oxygen atoms in total. The second-order valence-electron chi connectivity index (χ2n) is 8.61. The summed E-state index contributed by atoms with van der Waals surface area (Å²) in [6, 6.07) is 13.3. The zero-order chi connectivity index (χ0) is 24.5. The highest BCUT2D eigenvalue weighted by molar-refractivity contribution is 5.92. The smallest absolute Gasteiger partial charge is 0.338 e. The van der Waals surface area contributed by atoms with Gasteiger partial charge >= 0.3 is 5.97 Å². The fourth-order valence-corrected chi connectivity index (χ4v) is 3.98. The lowest BCUT2D eigenvalue weighted by Crippen LogP contribution is -2.45. The SMILES string of the molecule is COc1cccc(NC(=O)COc2ccc(C(=O)OCC(=O)NC3CCCC(C)C3C)cc2)c1. The molecule has 0 aromatic heterocycles. The van der Waals surface area contributed by atoms with Gasteiger partial charge in [0.2, 0.25) is 0 Å². The van der Waals surface area contributed by atoms with Crippen LogP contribution in [0.1, 0.15) is 43.5 Å². The third-order valence-electron chi connectivity index (χ3n) is 6.20. The Bertz CT molecular complexity index is 991. The van der Waals surface area contributed by atoms with E-state index in [0.29, 0.717) is 34.6 Å². The number of carbonyl (C=O) groups excluding carboxylic acids is 3. The molecule has 3 unspecified atom stereocenters. The van der Waals surface area contributed by atoms with Gasteiger partial charge in [0.15, 0.2) is 13.2 Å². The van der Waals surface area contributed by atoms with E-state index in [9.17, 15) is 14.4 Å². The van der Waals surface area contributed by atoms with Crippen LogP contribution >= 0.6 is 0 Å². The third kappa shape index (κ3) is 7.23. The van der Waals surface area contributed by atoms with Crippen molar-refractivity contribution in [1.82, 2.24) is 5.32 Å². The molecule has 34 heavy (non-hydrogen) atoms. The lowest BCUT2D eigenvalue weighted by Gasteiger charge is -2.34. The Labute approximate surface area is 200 Å². The van der Waals surface area contributed by atoms with Crippen LogP contribution in [0.5, 0.6) is 11.5 Å². The summed E-state index contributed by atoms with van der Waals surface area (Å²) in [7, 11) is 1.55. The maximum atomic E-state index is 12.3. The Morgan fingerprint density at radius 2 is 1.71 bits per heavy atom. The van der Waals surface area contributed by atoms with Gasteiger partial charge in [0.05, 0.1) is 12.7 Å². The van der Waals surface area contributed by atoms with Crippen molar-refractivity contribution in [2.45, 2.75) is 39.2 Å². The number of nitrogens with one attached hydrogen (secondary N) is 2. The maximum absolute atomic E-state index is 12.3. The molecule has 3 atom stereocenters. The van der Waals surface area contributed by atoms with Crippen LogP contribution in [0, 0.1) is 11.8 Å². The van der Waals surface area contributed by atoms with Crippen LogP contribution in [-0.4, -0.2) is 44.1 Å². The first kappa shape index (κ1) is 25.1. The van der Waals surface area contributed by atoms with E-state index in [1.807, 2.05) is 0 Å². The van der Waals surface area contributed by atoms with Crippen molar-refractivity contribution >= 4 is 23.5 Å². The van der Waals surface area contributed by atoms with Crippen LogP contribution in [0.25, 0.3) is 0 Å². The van der Waals surface area contributed by atoms with Crippen molar-refractivity contribution < 1.29 is 28.6 Å². The van der Waals surface area contributed by atoms with Crippen molar-refractivity contribution in [3.8, 4) is 11.5 Å². The summed E-state index contributed by atoms with van der Waals surface area (Å²) in [5.74, 6) is 0.814. The van der Waals surface area contributed by atoms with Crippen molar-refractivity contribution in [2.24, 2.45) is 11.8 Å². The Morgan fingerprint density at radius 1 is 0.941 bits per heavy atom. The molecule has 1 fully saturated rings. The molecule has 0 spiro atoms. The summed E-state index contributed by atoms with van der Waals surface area (Å²) >= 11 is 0. The van der Waals surface area contributed by atoms with E-state index in [4.69, 9.17) is 14.2 Å². The highest BCUT2D eigenvalue weighted by Gasteiger charge is 2.28. The molecule has 2 amide bonds. The lowest BCUT2D eigenvalue weighted by molar-refractivity contribution is -0.125.